The van der Waals surface area contributed by atoms with Crippen LogP contribution in [0.5, 0.6) is 0 Å². The van der Waals surface area contributed by atoms with Crippen LogP contribution in [-0.2, 0) is 4.79 Å². The van der Waals surface area contributed by atoms with Gasteiger partial charge in [-0.15, -0.1) is 0 Å². The molecule has 0 radical (unpaired) electrons. The van der Waals surface area contributed by atoms with E-state index in [0.717, 1.165) is 19.3 Å². The summed E-state index contributed by atoms with van der Waals surface area (Å²) in [5.41, 5.74) is 0.225. The lowest BCUT2D eigenvalue weighted by molar-refractivity contribution is -0.119. The van der Waals surface area contributed by atoms with E-state index in [1.54, 1.807) is 0 Å². The van der Waals surface area contributed by atoms with Gasteiger partial charge in [0.15, 0.2) is 0 Å². The zero-order valence-corrected chi connectivity index (χ0v) is 11.3. The number of carbonyl (C=O) groups is 1. The Labute approximate surface area is 95.0 Å². The monoisotopic (exact) mass is 213 g/mol. The van der Waals surface area contributed by atoms with Gasteiger partial charge >= 0.3 is 0 Å². The first-order valence-corrected chi connectivity index (χ1v) is 6.03. The topological polar surface area (TPSA) is 20.3 Å². The summed E-state index contributed by atoms with van der Waals surface area (Å²) >= 11 is 0. The fraction of sp³-hybridized carbons (Fsp3) is 0.923. The minimum Gasteiger partial charge on any atom is -0.306 e. The van der Waals surface area contributed by atoms with E-state index in [2.05, 4.69) is 39.8 Å². The smallest absolute Gasteiger partial charge is 0.132 e. The lowest BCUT2D eigenvalue weighted by Crippen LogP contribution is -2.40. The van der Waals surface area contributed by atoms with Crippen molar-refractivity contribution in [1.82, 2.24) is 4.90 Å². The van der Waals surface area contributed by atoms with Crippen molar-refractivity contribution in [2.75, 3.05) is 14.1 Å². The molecule has 0 saturated carbocycles. The van der Waals surface area contributed by atoms with Crippen LogP contribution >= 0.6 is 0 Å². The largest absolute Gasteiger partial charge is 0.306 e. The Morgan fingerprint density at radius 3 is 2.13 bits per heavy atom. The molecule has 2 heteroatoms. The number of hydrogen-bond acceptors (Lipinski definition) is 2. The van der Waals surface area contributed by atoms with Gasteiger partial charge in [-0.1, -0.05) is 27.7 Å². The molecule has 15 heavy (non-hydrogen) atoms. The van der Waals surface area contributed by atoms with Crippen LogP contribution in [0.1, 0.15) is 53.4 Å². The molecule has 2 nitrogen and oxygen atoms in total. The van der Waals surface area contributed by atoms with Gasteiger partial charge in [-0.25, -0.2) is 0 Å². The molecule has 0 aromatic carbocycles. The molecule has 0 fully saturated rings. The Morgan fingerprint density at radius 1 is 1.27 bits per heavy atom. The molecule has 0 aliphatic rings. The first kappa shape index (κ1) is 14.6. The van der Waals surface area contributed by atoms with Gasteiger partial charge in [0, 0.05) is 18.9 Å². The van der Waals surface area contributed by atoms with Crippen LogP contribution in [-0.4, -0.2) is 30.8 Å². The fourth-order valence-electron chi connectivity index (χ4n) is 2.42. The van der Waals surface area contributed by atoms with E-state index in [0.29, 0.717) is 18.2 Å². The Bertz CT molecular complexity index is 197. The van der Waals surface area contributed by atoms with Crippen molar-refractivity contribution in [3.05, 3.63) is 0 Å². The van der Waals surface area contributed by atoms with E-state index in [9.17, 15) is 4.79 Å². The van der Waals surface area contributed by atoms with Crippen molar-refractivity contribution >= 4 is 5.78 Å². The third-order valence-electron chi connectivity index (χ3n) is 3.35. The average Bonchev–Trinajstić information content (AvgIpc) is 2.14. The summed E-state index contributed by atoms with van der Waals surface area (Å²) in [6.07, 6.45) is 3.54. The van der Waals surface area contributed by atoms with Crippen LogP contribution in [0.15, 0.2) is 0 Å². The van der Waals surface area contributed by atoms with E-state index in [-0.39, 0.29) is 5.41 Å². The van der Waals surface area contributed by atoms with Gasteiger partial charge in [0.05, 0.1) is 0 Å². The molecular formula is C13H27NO. The van der Waals surface area contributed by atoms with Crippen LogP contribution < -0.4 is 0 Å². The molecule has 0 N–H and O–H groups in total. The van der Waals surface area contributed by atoms with Crippen molar-refractivity contribution in [2.24, 2.45) is 5.41 Å². The molecule has 0 rings (SSSR count). The molecule has 90 valence electrons. The summed E-state index contributed by atoms with van der Waals surface area (Å²) < 4.78 is 0. The van der Waals surface area contributed by atoms with Gasteiger partial charge in [-0.3, -0.25) is 4.79 Å². The molecule has 0 aliphatic heterocycles. The molecule has 0 saturated heterocycles. The second-order valence-corrected chi connectivity index (χ2v) is 5.27. The standard InChI is InChI=1S/C13H27NO/c1-7-11(15)9-10-13(3,4)12(8-2)14(5)6/h12H,7-10H2,1-6H3. The normalized spacial score (nSPS) is 14.3. The number of carbonyl (C=O) groups excluding carboxylic acids is 1. The third kappa shape index (κ3) is 4.78. The van der Waals surface area contributed by atoms with Crippen molar-refractivity contribution in [3.8, 4) is 0 Å². The van der Waals surface area contributed by atoms with Gasteiger partial charge in [0.25, 0.3) is 0 Å². The maximum Gasteiger partial charge on any atom is 0.132 e. The summed E-state index contributed by atoms with van der Waals surface area (Å²) in [6, 6.07) is 0.558. The Kier molecular flexibility index (Phi) is 6.11. The predicted octanol–water partition coefficient (Wildman–Crippen LogP) is 3.11. The highest BCUT2D eigenvalue weighted by molar-refractivity contribution is 5.77. The van der Waals surface area contributed by atoms with E-state index in [1.807, 2.05) is 6.92 Å². The highest BCUT2D eigenvalue weighted by atomic mass is 16.1. The maximum absolute atomic E-state index is 11.3. The number of nitrogens with zero attached hydrogens (tertiary/aromatic N) is 1. The molecule has 0 spiro atoms. The molecule has 0 heterocycles. The van der Waals surface area contributed by atoms with E-state index < -0.39 is 0 Å². The quantitative estimate of drug-likeness (QED) is 0.647. The van der Waals surface area contributed by atoms with E-state index >= 15 is 0 Å². The molecule has 1 atom stereocenters. The minimum atomic E-state index is 0.225. The van der Waals surface area contributed by atoms with Crippen molar-refractivity contribution in [3.63, 3.8) is 0 Å². The Balaban J connectivity index is 4.31. The highest BCUT2D eigenvalue weighted by Gasteiger charge is 2.29. The molecule has 0 aromatic rings. The fourth-order valence-corrected chi connectivity index (χ4v) is 2.42. The van der Waals surface area contributed by atoms with Gasteiger partial charge in [-0.05, 0) is 32.4 Å². The first-order chi connectivity index (χ1) is 6.85. The zero-order valence-electron chi connectivity index (χ0n) is 11.3. The third-order valence-corrected chi connectivity index (χ3v) is 3.35. The summed E-state index contributed by atoms with van der Waals surface area (Å²) in [5, 5.41) is 0. The van der Waals surface area contributed by atoms with Crippen LogP contribution in [0.3, 0.4) is 0 Å². The van der Waals surface area contributed by atoms with Crippen LogP contribution in [0.25, 0.3) is 0 Å². The van der Waals surface area contributed by atoms with E-state index in [4.69, 9.17) is 0 Å². The molecule has 0 amide bonds. The van der Waals surface area contributed by atoms with Gasteiger partial charge in [0.1, 0.15) is 5.78 Å². The Hall–Kier alpha value is -0.370. The lowest BCUT2D eigenvalue weighted by Gasteiger charge is -2.38. The predicted molar refractivity (Wildman–Crippen MR) is 66.1 cm³/mol. The molecule has 1 unspecified atom stereocenters. The molecule has 0 aromatic heterocycles. The summed E-state index contributed by atoms with van der Waals surface area (Å²) in [6.45, 7) is 8.70. The van der Waals surface area contributed by atoms with E-state index in [1.165, 1.54) is 0 Å². The maximum atomic E-state index is 11.3. The van der Waals surface area contributed by atoms with Gasteiger partial charge < -0.3 is 4.90 Å². The first-order valence-electron chi connectivity index (χ1n) is 6.03. The van der Waals surface area contributed by atoms with Crippen molar-refractivity contribution in [1.29, 1.82) is 0 Å². The second kappa shape index (κ2) is 6.26. The second-order valence-electron chi connectivity index (χ2n) is 5.27. The summed E-state index contributed by atoms with van der Waals surface area (Å²) in [4.78, 5) is 13.6. The highest BCUT2D eigenvalue weighted by Crippen LogP contribution is 2.31. The number of hydrogen-bond donors (Lipinski definition) is 0. The SMILES string of the molecule is CCC(=O)CCC(C)(C)C(CC)N(C)C. The van der Waals surface area contributed by atoms with Crippen LogP contribution in [0.2, 0.25) is 0 Å². The van der Waals surface area contributed by atoms with Crippen LogP contribution in [0.4, 0.5) is 0 Å². The van der Waals surface area contributed by atoms with Gasteiger partial charge in [0.2, 0.25) is 0 Å². The molecular weight excluding hydrogens is 186 g/mol. The number of Topliss-reactive ketones (excluding diaryl/α,β-unsaturated/α-hetero) is 1. The molecule has 0 bridgehead atoms. The van der Waals surface area contributed by atoms with Crippen molar-refractivity contribution in [2.45, 2.75) is 59.4 Å². The summed E-state index contributed by atoms with van der Waals surface area (Å²) in [5.74, 6) is 0.386. The molecule has 0 aliphatic carbocycles. The minimum absolute atomic E-state index is 0.225. The number of ketones is 1. The number of rotatable bonds is 7. The van der Waals surface area contributed by atoms with Crippen molar-refractivity contribution < 1.29 is 4.79 Å². The zero-order chi connectivity index (χ0) is 12.1. The lowest BCUT2D eigenvalue weighted by atomic mass is 9.78. The summed E-state index contributed by atoms with van der Waals surface area (Å²) in [7, 11) is 4.25. The van der Waals surface area contributed by atoms with Gasteiger partial charge in [-0.2, -0.15) is 0 Å². The van der Waals surface area contributed by atoms with Crippen LogP contribution in [0, 0.1) is 5.41 Å². The average molecular weight is 213 g/mol. The Morgan fingerprint density at radius 2 is 1.80 bits per heavy atom.